The molecule has 0 aromatic carbocycles. The van der Waals surface area contributed by atoms with Gasteiger partial charge in [-0.15, -0.1) is 0 Å². The van der Waals surface area contributed by atoms with Crippen molar-refractivity contribution in [2.75, 3.05) is 32.8 Å². The summed E-state index contributed by atoms with van der Waals surface area (Å²) in [7, 11) is 0. The minimum Gasteiger partial charge on any atom is -0.381 e. The molecule has 2 saturated heterocycles. The van der Waals surface area contributed by atoms with Gasteiger partial charge in [0.1, 0.15) is 0 Å². The number of hydrogen-bond acceptors (Lipinski definition) is 4. The van der Waals surface area contributed by atoms with Crippen LogP contribution >= 0.6 is 0 Å². The summed E-state index contributed by atoms with van der Waals surface area (Å²) in [5.41, 5.74) is 1.31. The Labute approximate surface area is 143 Å². The molecule has 3 fully saturated rings. The number of carbonyl (C=O) groups excluding carboxylic acids is 1. The fraction of sp³-hybridized carbons (Fsp3) is 0.684. The van der Waals surface area contributed by atoms with E-state index in [1.54, 1.807) is 0 Å². The van der Waals surface area contributed by atoms with Crippen LogP contribution in [-0.2, 0) is 16.1 Å². The smallest absolute Gasteiger partial charge is 0.225 e. The molecule has 5 heteroatoms. The average Bonchev–Trinajstić information content (AvgIpc) is 3.38. The van der Waals surface area contributed by atoms with Crippen molar-refractivity contribution in [3.05, 3.63) is 30.1 Å². The third-order valence-electron chi connectivity index (χ3n) is 5.91. The molecule has 1 amide bonds. The molecule has 0 bridgehead atoms. The molecular formula is C19H27N3O2. The van der Waals surface area contributed by atoms with Crippen LogP contribution in [0.4, 0.5) is 0 Å². The maximum Gasteiger partial charge on any atom is 0.225 e. The zero-order valence-corrected chi connectivity index (χ0v) is 14.2. The van der Waals surface area contributed by atoms with Crippen molar-refractivity contribution < 1.29 is 9.53 Å². The van der Waals surface area contributed by atoms with E-state index in [0.717, 1.165) is 58.2 Å². The minimum atomic E-state index is 0.0914. The number of nitrogens with one attached hydrogen (secondary N) is 1. The maximum absolute atomic E-state index is 12.9. The maximum atomic E-state index is 12.9. The summed E-state index contributed by atoms with van der Waals surface area (Å²) in [6.07, 6.45) is 8.28. The Bertz CT molecular complexity index is 567. The lowest BCUT2D eigenvalue weighted by atomic mass is 9.71. The van der Waals surface area contributed by atoms with Gasteiger partial charge in [-0.1, -0.05) is 6.07 Å². The van der Waals surface area contributed by atoms with Crippen molar-refractivity contribution in [2.24, 2.45) is 17.3 Å². The summed E-state index contributed by atoms with van der Waals surface area (Å²) in [6, 6.07) is 4.10. The van der Waals surface area contributed by atoms with Gasteiger partial charge in [0.2, 0.25) is 5.91 Å². The lowest BCUT2D eigenvalue weighted by molar-refractivity contribution is -0.129. The first-order valence-corrected chi connectivity index (χ1v) is 9.22. The van der Waals surface area contributed by atoms with Crippen LogP contribution in [0.25, 0.3) is 0 Å². The fourth-order valence-electron chi connectivity index (χ4n) is 4.28. The Kier molecular flexibility index (Phi) is 4.55. The Morgan fingerprint density at radius 1 is 1.38 bits per heavy atom. The minimum absolute atomic E-state index is 0.0914. The van der Waals surface area contributed by atoms with Crippen LogP contribution < -0.4 is 5.32 Å². The highest BCUT2D eigenvalue weighted by molar-refractivity contribution is 5.80. The van der Waals surface area contributed by atoms with Crippen LogP contribution in [0.2, 0.25) is 0 Å². The van der Waals surface area contributed by atoms with Gasteiger partial charge in [0.05, 0.1) is 5.92 Å². The van der Waals surface area contributed by atoms with Gasteiger partial charge in [0.15, 0.2) is 0 Å². The summed E-state index contributed by atoms with van der Waals surface area (Å²) in [5, 5.41) is 3.22. The molecular weight excluding hydrogens is 302 g/mol. The van der Waals surface area contributed by atoms with E-state index in [0.29, 0.717) is 0 Å². The number of aromatic nitrogens is 1. The second kappa shape index (κ2) is 6.81. The molecule has 4 rings (SSSR count). The topological polar surface area (TPSA) is 54.5 Å². The van der Waals surface area contributed by atoms with Crippen molar-refractivity contribution in [1.82, 2.24) is 15.2 Å². The molecule has 1 spiro atoms. The summed E-state index contributed by atoms with van der Waals surface area (Å²) in [6.45, 7) is 5.16. The summed E-state index contributed by atoms with van der Waals surface area (Å²) < 4.78 is 5.59. The molecule has 1 atom stereocenters. The number of amides is 1. The number of nitrogens with zero attached hydrogens (tertiary/aromatic N) is 2. The number of hydrogen-bond donors (Lipinski definition) is 1. The highest BCUT2D eigenvalue weighted by atomic mass is 16.5. The summed E-state index contributed by atoms with van der Waals surface area (Å²) in [5.74, 6) is 1.08. The van der Waals surface area contributed by atoms with Gasteiger partial charge >= 0.3 is 0 Å². The fourth-order valence-corrected chi connectivity index (χ4v) is 4.28. The monoisotopic (exact) mass is 329 g/mol. The first-order chi connectivity index (χ1) is 11.8. The highest BCUT2D eigenvalue weighted by Gasteiger charge is 2.50. The van der Waals surface area contributed by atoms with Gasteiger partial charge in [-0.05, 0) is 43.2 Å². The third kappa shape index (κ3) is 3.47. The van der Waals surface area contributed by atoms with E-state index >= 15 is 0 Å². The van der Waals surface area contributed by atoms with Crippen LogP contribution in [0.15, 0.2) is 24.5 Å². The van der Waals surface area contributed by atoms with E-state index in [9.17, 15) is 4.79 Å². The Morgan fingerprint density at radius 3 is 2.92 bits per heavy atom. The van der Waals surface area contributed by atoms with Crippen molar-refractivity contribution >= 4 is 5.91 Å². The molecule has 130 valence electrons. The van der Waals surface area contributed by atoms with Crippen LogP contribution in [0.1, 0.15) is 31.2 Å². The second-order valence-corrected chi connectivity index (χ2v) is 7.75. The van der Waals surface area contributed by atoms with E-state index in [2.05, 4.69) is 21.3 Å². The van der Waals surface area contributed by atoms with Gasteiger partial charge in [0, 0.05) is 57.2 Å². The number of rotatable bonds is 5. The van der Waals surface area contributed by atoms with E-state index in [1.807, 2.05) is 18.5 Å². The van der Waals surface area contributed by atoms with Crippen LogP contribution in [-0.4, -0.2) is 48.6 Å². The van der Waals surface area contributed by atoms with Crippen LogP contribution in [0, 0.1) is 17.3 Å². The predicted octanol–water partition coefficient (Wildman–Crippen LogP) is 1.84. The van der Waals surface area contributed by atoms with Gasteiger partial charge in [-0.2, -0.15) is 0 Å². The molecule has 5 nitrogen and oxygen atoms in total. The number of likely N-dealkylation sites (tertiary alicyclic amines) is 1. The second-order valence-electron chi connectivity index (χ2n) is 7.75. The predicted molar refractivity (Wildman–Crippen MR) is 91.2 cm³/mol. The van der Waals surface area contributed by atoms with Gasteiger partial charge in [-0.25, -0.2) is 0 Å². The molecule has 2 aliphatic heterocycles. The quantitative estimate of drug-likeness (QED) is 0.895. The molecule has 3 heterocycles. The van der Waals surface area contributed by atoms with Crippen molar-refractivity contribution in [3.8, 4) is 0 Å². The molecule has 1 saturated carbocycles. The zero-order chi connectivity index (χ0) is 16.4. The molecule has 1 unspecified atom stereocenters. The lowest BCUT2D eigenvalue weighted by Gasteiger charge is -2.37. The van der Waals surface area contributed by atoms with Crippen LogP contribution in [0.5, 0.6) is 0 Å². The molecule has 1 N–H and O–H groups in total. The van der Waals surface area contributed by atoms with Crippen molar-refractivity contribution in [1.29, 1.82) is 0 Å². The average molecular weight is 329 g/mol. The Morgan fingerprint density at radius 2 is 2.21 bits per heavy atom. The summed E-state index contributed by atoms with van der Waals surface area (Å²) in [4.78, 5) is 19.5. The van der Waals surface area contributed by atoms with E-state index in [4.69, 9.17) is 4.74 Å². The molecule has 0 radical (unpaired) electrons. The van der Waals surface area contributed by atoms with Crippen molar-refractivity contribution in [3.63, 3.8) is 0 Å². The third-order valence-corrected chi connectivity index (χ3v) is 5.91. The van der Waals surface area contributed by atoms with Gasteiger partial charge in [0.25, 0.3) is 0 Å². The molecule has 1 aliphatic carbocycles. The zero-order valence-electron chi connectivity index (χ0n) is 14.2. The largest absolute Gasteiger partial charge is 0.381 e. The Hall–Kier alpha value is -1.46. The normalized spacial score (nSPS) is 26.6. The van der Waals surface area contributed by atoms with E-state index < -0.39 is 0 Å². The van der Waals surface area contributed by atoms with E-state index in [1.165, 1.54) is 18.4 Å². The molecule has 24 heavy (non-hydrogen) atoms. The van der Waals surface area contributed by atoms with Gasteiger partial charge in [-0.3, -0.25) is 14.7 Å². The Balaban J connectivity index is 1.45. The number of ether oxygens (including phenoxy) is 1. The first kappa shape index (κ1) is 16.0. The standard InChI is InChI=1S/C19H27N3O2/c23-18(21-11-15-3-4-15)17-13-22(12-16-2-1-7-20-10-16)14-19(17)5-8-24-9-6-19/h1-2,7,10,15,17H,3-6,8-9,11-14H2,(H,21,23). The highest BCUT2D eigenvalue weighted by Crippen LogP contribution is 2.44. The van der Waals surface area contributed by atoms with Crippen molar-refractivity contribution in [2.45, 2.75) is 32.2 Å². The molecule has 1 aromatic heterocycles. The van der Waals surface area contributed by atoms with Crippen LogP contribution in [0.3, 0.4) is 0 Å². The van der Waals surface area contributed by atoms with Gasteiger partial charge < -0.3 is 10.1 Å². The summed E-state index contributed by atoms with van der Waals surface area (Å²) >= 11 is 0. The number of carbonyl (C=O) groups is 1. The number of pyridine rings is 1. The van der Waals surface area contributed by atoms with E-state index in [-0.39, 0.29) is 17.2 Å². The molecule has 1 aromatic rings. The first-order valence-electron chi connectivity index (χ1n) is 9.22. The lowest BCUT2D eigenvalue weighted by Crippen LogP contribution is -2.44. The SMILES string of the molecule is O=C(NCC1CC1)C1CN(Cc2cccnc2)CC12CCOCC2. The molecule has 3 aliphatic rings.